The highest BCUT2D eigenvalue weighted by Crippen LogP contribution is 2.28. The molecule has 0 bridgehead atoms. The number of nitrogens with one attached hydrogen (secondary N) is 1. The van der Waals surface area contributed by atoms with Gasteiger partial charge in [-0.05, 0) is 56.9 Å². The fraction of sp³-hybridized carbons (Fsp3) is 0.571. The molecule has 8 heteroatoms. The third-order valence-corrected chi connectivity index (χ3v) is 5.74. The molecule has 3 rings (SSSR count). The van der Waals surface area contributed by atoms with Crippen molar-refractivity contribution in [2.75, 3.05) is 0 Å². The lowest BCUT2D eigenvalue weighted by atomic mass is 10.1. The van der Waals surface area contributed by atoms with Gasteiger partial charge in [0.15, 0.2) is 0 Å². The third-order valence-electron chi connectivity index (χ3n) is 5.74. The van der Waals surface area contributed by atoms with E-state index in [1.54, 1.807) is 19.9 Å². The molecule has 5 nitrogen and oxygen atoms in total. The predicted molar refractivity (Wildman–Crippen MR) is 105 cm³/mol. The Morgan fingerprint density at radius 2 is 1.72 bits per heavy atom. The second kappa shape index (κ2) is 8.16. The molecule has 0 saturated heterocycles. The number of halogens is 3. The number of fused-ring (bicyclic) bond motifs is 1. The van der Waals surface area contributed by atoms with Crippen LogP contribution in [0.5, 0.6) is 0 Å². The van der Waals surface area contributed by atoms with Crippen LogP contribution < -0.4 is 10.9 Å². The van der Waals surface area contributed by atoms with Crippen LogP contribution in [-0.2, 0) is 11.0 Å². The number of nitrogens with zero attached hydrogens (tertiary/aromatic N) is 2. The van der Waals surface area contributed by atoms with Gasteiger partial charge in [-0.25, -0.2) is 4.98 Å². The topological polar surface area (TPSA) is 64.0 Å². The minimum Gasteiger partial charge on any atom is -0.352 e. The molecule has 2 aromatic rings. The van der Waals surface area contributed by atoms with Gasteiger partial charge in [-0.3, -0.25) is 14.2 Å². The molecule has 1 aliphatic carbocycles. The number of benzene rings is 1. The van der Waals surface area contributed by atoms with Crippen LogP contribution >= 0.6 is 0 Å². The molecule has 1 N–H and O–H groups in total. The van der Waals surface area contributed by atoms with E-state index in [4.69, 9.17) is 0 Å². The van der Waals surface area contributed by atoms with Crippen molar-refractivity contribution in [2.45, 2.75) is 77.6 Å². The van der Waals surface area contributed by atoms with Crippen LogP contribution in [0, 0.1) is 13.8 Å². The Kier molecular flexibility index (Phi) is 6.00. The van der Waals surface area contributed by atoms with Crippen molar-refractivity contribution >= 4 is 16.9 Å². The van der Waals surface area contributed by atoms with Gasteiger partial charge < -0.3 is 5.32 Å². The Bertz CT molecular complexity index is 974. The van der Waals surface area contributed by atoms with Gasteiger partial charge in [0, 0.05) is 6.04 Å². The third kappa shape index (κ3) is 4.46. The summed E-state index contributed by atoms with van der Waals surface area (Å²) in [6.07, 6.45) is 1.03. The van der Waals surface area contributed by atoms with Gasteiger partial charge in [0.25, 0.3) is 5.56 Å². The Labute approximate surface area is 167 Å². The minimum absolute atomic E-state index is 0.0117. The van der Waals surface area contributed by atoms with E-state index in [2.05, 4.69) is 10.3 Å². The maximum Gasteiger partial charge on any atom is 0.438 e. The zero-order valence-electron chi connectivity index (χ0n) is 16.9. The molecule has 1 aromatic carbocycles. The Morgan fingerprint density at radius 1 is 1.14 bits per heavy atom. The summed E-state index contributed by atoms with van der Waals surface area (Å²) in [7, 11) is 0. The normalized spacial score (nSPS) is 17.2. The van der Waals surface area contributed by atoms with Crippen molar-refractivity contribution in [3.63, 3.8) is 0 Å². The SMILES string of the molecule is Cc1cc2nc(C(F)(F)F)c(=O)n(C(C)C(=O)NC3CCCCCC3)c2cc1C. The summed E-state index contributed by atoms with van der Waals surface area (Å²) in [6.45, 7) is 5.03. The van der Waals surface area contributed by atoms with Crippen LogP contribution in [0.4, 0.5) is 13.2 Å². The first-order valence-electron chi connectivity index (χ1n) is 10.0. The lowest BCUT2D eigenvalue weighted by Crippen LogP contribution is -2.42. The van der Waals surface area contributed by atoms with Crippen molar-refractivity contribution in [3.8, 4) is 0 Å². The first-order chi connectivity index (χ1) is 13.6. The van der Waals surface area contributed by atoms with Crippen molar-refractivity contribution in [2.24, 2.45) is 0 Å². The van der Waals surface area contributed by atoms with Crippen LogP contribution in [-0.4, -0.2) is 21.5 Å². The molecule has 1 fully saturated rings. The summed E-state index contributed by atoms with van der Waals surface area (Å²) >= 11 is 0. The first kappa shape index (κ1) is 21.3. The summed E-state index contributed by atoms with van der Waals surface area (Å²) in [5.41, 5.74) is -0.939. The van der Waals surface area contributed by atoms with Gasteiger partial charge in [-0.15, -0.1) is 0 Å². The Morgan fingerprint density at radius 3 is 2.31 bits per heavy atom. The van der Waals surface area contributed by atoms with E-state index in [-0.39, 0.29) is 17.1 Å². The fourth-order valence-corrected chi connectivity index (χ4v) is 3.89. The van der Waals surface area contributed by atoms with E-state index < -0.39 is 29.4 Å². The molecule has 1 aromatic heterocycles. The number of carbonyl (C=O) groups is 1. The standard InChI is InChI=1S/C21H26F3N3O2/c1-12-10-16-17(11-13(12)2)27(20(29)18(26-16)21(22,23)24)14(3)19(28)25-15-8-6-4-5-7-9-15/h10-11,14-15H,4-9H2,1-3H3,(H,25,28). The Balaban J connectivity index is 2.08. The molecule has 0 spiro atoms. The molecule has 1 atom stereocenters. The summed E-state index contributed by atoms with van der Waals surface area (Å²) in [5.74, 6) is -0.446. The number of aromatic nitrogens is 2. The molecular formula is C21H26F3N3O2. The first-order valence-corrected chi connectivity index (χ1v) is 10.0. The fourth-order valence-electron chi connectivity index (χ4n) is 3.89. The highest BCUT2D eigenvalue weighted by atomic mass is 19.4. The van der Waals surface area contributed by atoms with E-state index in [1.807, 2.05) is 0 Å². The zero-order chi connectivity index (χ0) is 21.3. The number of alkyl halides is 3. The lowest BCUT2D eigenvalue weighted by molar-refractivity contribution is -0.142. The Hall–Kier alpha value is -2.38. The smallest absolute Gasteiger partial charge is 0.352 e. The van der Waals surface area contributed by atoms with Gasteiger partial charge in [-0.2, -0.15) is 13.2 Å². The summed E-state index contributed by atoms with van der Waals surface area (Å²) in [6, 6.07) is 2.04. The monoisotopic (exact) mass is 409 g/mol. The van der Waals surface area contributed by atoms with E-state index >= 15 is 0 Å². The second-order valence-electron chi connectivity index (χ2n) is 7.93. The molecule has 1 unspecified atom stereocenters. The van der Waals surface area contributed by atoms with Crippen molar-refractivity contribution in [3.05, 3.63) is 39.3 Å². The van der Waals surface area contributed by atoms with E-state index in [1.165, 1.54) is 13.0 Å². The van der Waals surface area contributed by atoms with Crippen LogP contribution in [0.1, 0.15) is 68.3 Å². The summed E-state index contributed by atoms with van der Waals surface area (Å²) in [4.78, 5) is 29.2. The number of rotatable bonds is 3. The highest BCUT2D eigenvalue weighted by Gasteiger charge is 2.38. The number of aryl methyl sites for hydroxylation is 2. The van der Waals surface area contributed by atoms with Gasteiger partial charge in [-0.1, -0.05) is 25.7 Å². The molecule has 29 heavy (non-hydrogen) atoms. The number of amides is 1. The van der Waals surface area contributed by atoms with Crippen molar-refractivity contribution < 1.29 is 18.0 Å². The lowest BCUT2D eigenvalue weighted by Gasteiger charge is -2.23. The maximum absolute atomic E-state index is 13.4. The van der Waals surface area contributed by atoms with Crippen molar-refractivity contribution in [1.82, 2.24) is 14.9 Å². The zero-order valence-corrected chi connectivity index (χ0v) is 16.9. The van der Waals surface area contributed by atoms with Gasteiger partial charge in [0.2, 0.25) is 11.6 Å². The molecule has 1 amide bonds. The quantitative estimate of drug-likeness (QED) is 0.763. The number of hydrogen-bond donors (Lipinski definition) is 1. The van der Waals surface area contributed by atoms with E-state index in [9.17, 15) is 22.8 Å². The molecule has 158 valence electrons. The molecule has 0 aliphatic heterocycles. The van der Waals surface area contributed by atoms with Crippen LogP contribution in [0.3, 0.4) is 0 Å². The maximum atomic E-state index is 13.4. The molecule has 1 saturated carbocycles. The van der Waals surface area contributed by atoms with Crippen LogP contribution in [0.2, 0.25) is 0 Å². The average molecular weight is 409 g/mol. The summed E-state index contributed by atoms with van der Waals surface area (Å²) in [5, 5.41) is 2.93. The summed E-state index contributed by atoms with van der Waals surface area (Å²) < 4.78 is 41.3. The average Bonchev–Trinajstić information content (AvgIpc) is 2.90. The van der Waals surface area contributed by atoms with Gasteiger partial charge in [0.05, 0.1) is 11.0 Å². The largest absolute Gasteiger partial charge is 0.438 e. The number of hydrogen-bond acceptors (Lipinski definition) is 3. The molecule has 0 radical (unpaired) electrons. The van der Waals surface area contributed by atoms with E-state index in [0.29, 0.717) is 0 Å². The van der Waals surface area contributed by atoms with Gasteiger partial charge in [0.1, 0.15) is 6.04 Å². The number of carbonyl (C=O) groups excluding carboxylic acids is 1. The second-order valence-corrected chi connectivity index (χ2v) is 7.93. The van der Waals surface area contributed by atoms with Crippen LogP contribution in [0.15, 0.2) is 16.9 Å². The van der Waals surface area contributed by atoms with E-state index in [0.717, 1.165) is 54.2 Å². The minimum atomic E-state index is -4.90. The molecule has 1 aliphatic rings. The predicted octanol–water partition coefficient (Wildman–Crippen LogP) is 4.43. The molecule has 1 heterocycles. The van der Waals surface area contributed by atoms with Gasteiger partial charge >= 0.3 is 6.18 Å². The van der Waals surface area contributed by atoms with Crippen molar-refractivity contribution in [1.29, 1.82) is 0 Å². The van der Waals surface area contributed by atoms with Crippen LogP contribution in [0.25, 0.3) is 11.0 Å². The molecular weight excluding hydrogens is 383 g/mol. The highest BCUT2D eigenvalue weighted by molar-refractivity contribution is 5.84.